The smallest absolute Gasteiger partial charge is 0.230 e. The number of amides is 1. The van der Waals surface area contributed by atoms with Crippen molar-refractivity contribution in [3.63, 3.8) is 0 Å². The molecule has 7 heteroatoms. The number of nitrogens with zero attached hydrogens (tertiary/aromatic N) is 1. The minimum Gasteiger partial charge on any atom is -0.373 e. The Morgan fingerprint density at radius 2 is 1.81 bits per heavy atom. The molecule has 1 N–H and O–H groups in total. The summed E-state index contributed by atoms with van der Waals surface area (Å²) in [4.78, 5) is 26.4. The number of ketones is 1. The van der Waals surface area contributed by atoms with E-state index in [9.17, 15) is 14.0 Å². The van der Waals surface area contributed by atoms with Gasteiger partial charge in [-0.3, -0.25) is 14.5 Å². The zero-order valence-electron chi connectivity index (χ0n) is 18.2. The molecular formula is C24H29FN2O3S. The van der Waals surface area contributed by atoms with Gasteiger partial charge in [0.05, 0.1) is 18.0 Å². The number of nitrogens with one attached hydrogen (secondary N) is 1. The number of hydrogen-bond donors (Lipinski definition) is 1. The van der Waals surface area contributed by atoms with Crippen LogP contribution in [0, 0.1) is 5.82 Å². The summed E-state index contributed by atoms with van der Waals surface area (Å²) in [7, 11) is 0. The molecule has 2 atom stereocenters. The maximum atomic E-state index is 14.1. The number of thioether (sulfide) groups is 1. The summed E-state index contributed by atoms with van der Waals surface area (Å²) < 4.78 is 19.9. The van der Waals surface area contributed by atoms with Crippen molar-refractivity contribution in [3.05, 3.63) is 65.0 Å². The molecule has 1 heterocycles. The van der Waals surface area contributed by atoms with Gasteiger partial charge in [-0.25, -0.2) is 4.39 Å². The molecule has 0 aromatic heterocycles. The molecule has 1 aliphatic rings. The molecule has 5 nitrogen and oxygen atoms in total. The molecule has 1 amide bonds. The quantitative estimate of drug-likeness (QED) is 0.492. The number of halogens is 1. The lowest BCUT2D eigenvalue weighted by Gasteiger charge is -2.35. The number of benzene rings is 2. The van der Waals surface area contributed by atoms with E-state index in [1.165, 1.54) is 18.6 Å². The lowest BCUT2D eigenvalue weighted by atomic mass is 10.1. The van der Waals surface area contributed by atoms with Crippen LogP contribution in [0.1, 0.15) is 42.3 Å². The van der Waals surface area contributed by atoms with E-state index in [4.69, 9.17) is 4.74 Å². The van der Waals surface area contributed by atoms with Gasteiger partial charge in [-0.1, -0.05) is 30.3 Å². The van der Waals surface area contributed by atoms with Crippen molar-refractivity contribution >= 4 is 23.5 Å². The van der Waals surface area contributed by atoms with E-state index in [1.807, 2.05) is 18.2 Å². The summed E-state index contributed by atoms with van der Waals surface area (Å²) in [6.45, 7) is 8.58. The molecule has 2 aromatic carbocycles. The summed E-state index contributed by atoms with van der Waals surface area (Å²) in [6, 6.07) is 12.4. The molecule has 0 radical (unpaired) electrons. The Bertz CT molecular complexity index is 927. The lowest BCUT2D eigenvalue weighted by molar-refractivity contribution is -0.118. The molecule has 2 unspecified atom stereocenters. The summed E-state index contributed by atoms with van der Waals surface area (Å²) in [5.41, 5.74) is 2.58. The Kier molecular flexibility index (Phi) is 8.23. The number of ether oxygens (including phenoxy) is 1. The van der Waals surface area contributed by atoms with E-state index in [0.29, 0.717) is 17.0 Å². The monoisotopic (exact) mass is 444 g/mol. The first-order valence-electron chi connectivity index (χ1n) is 10.5. The molecule has 0 aliphatic carbocycles. The van der Waals surface area contributed by atoms with Gasteiger partial charge in [0.15, 0.2) is 5.78 Å². The predicted octanol–water partition coefficient (Wildman–Crippen LogP) is 4.05. The molecule has 0 bridgehead atoms. The summed E-state index contributed by atoms with van der Waals surface area (Å²) >= 11 is 1.12. The van der Waals surface area contributed by atoms with Gasteiger partial charge in [-0.15, -0.1) is 11.8 Å². The fourth-order valence-electron chi connectivity index (χ4n) is 3.76. The molecule has 1 fully saturated rings. The highest BCUT2D eigenvalue weighted by Gasteiger charge is 2.22. The third-order valence-corrected chi connectivity index (χ3v) is 6.23. The van der Waals surface area contributed by atoms with Crippen molar-refractivity contribution in [2.75, 3.05) is 18.8 Å². The van der Waals surface area contributed by atoms with Crippen molar-refractivity contribution in [3.8, 4) is 0 Å². The molecule has 0 spiro atoms. The van der Waals surface area contributed by atoms with Crippen LogP contribution in [0.25, 0.3) is 0 Å². The third kappa shape index (κ3) is 6.89. The molecule has 31 heavy (non-hydrogen) atoms. The first-order chi connectivity index (χ1) is 14.8. The van der Waals surface area contributed by atoms with Crippen molar-refractivity contribution in [2.45, 2.75) is 51.0 Å². The second kappa shape index (κ2) is 10.9. The Hall–Kier alpha value is -2.22. The van der Waals surface area contributed by atoms with Crippen LogP contribution in [0.5, 0.6) is 0 Å². The largest absolute Gasteiger partial charge is 0.373 e. The van der Waals surface area contributed by atoms with Crippen LogP contribution >= 0.6 is 11.8 Å². The fraction of sp³-hybridized carbons (Fsp3) is 0.417. The van der Waals surface area contributed by atoms with E-state index in [0.717, 1.165) is 37.0 Å². The highest BCUT2D eigenvalue weighted by Crippen LogP contribution is 2.23. The lowest BCUT2D eigenvalue weighted by Crippen LogP contribution is -2.45. The number of carbonyl (C=O) groups excluding carboxylic acids is 2. The van der Waals surface area contributed by atoms with E-state index >= 15 is 0 Å². The first kappa shape index (κ1) is 23.4. The fourth-order valence-corrected chi connectivity index (χ4v) is 4.51. The Morgan fingerprint density at radius 3 is 2.45 bits per heavy atom. The highest BCUT2D eigenvalue weighted by atomic mass is 32.2. The van der Waals surface area contributed by atoms with Gasteiger partial charge < -0.3 is 10.1 Å². The molecule has 166 valence electrons. The average molecular weight is 445 g/mol. The maximum absolute atomic E-state index is 14.1. The van der Waals surface area contributed by atoms with Gasteiger partial charge in [-0.05, 0) is 44.0 Å². The molecule has 1 saturated heterocycles. The van der Waals surface area contributed by atoms with Gasteiger partial charge in [0.1, 0.15) is 5.82 Å². The number of hydrogen-bond acceptors (Lipinski definition) is 5. The summed E-state index contributed by atoms with van der Waals surface area (Å²) in [5.74, 6) is -0.724. The van der Waals surface area contributed by atoms with Crippen LogP contribution in [0.4, 0.5) is 4.39 Å². The van der Waals surface area contributed by atoms with Crippen molar-refractivity contribution in [1.29, 1.82) is 0 Å². The Labute approximate surface area is 187 Å². The van der Waals surface area contributed by atoms with Crippen LogP contribution in [-0.2, 0) is 22.6 Å². The zero-order valence-corrected chi connectivity index (χ0v) is 19.0. The normalized spacial score (nSPS) is 19.2. The van der Waals surface area contributed by atoms with Crippen LogP contribution in [0.2, 0.25) is 0 Å². The van der Waals surface area contributed by atoms with Gasteiger partial charge in [0, 0.05) is 36.6 Å². The minimum absolute atomic E-state index is 0.108. The zero-order chi connectivity index (χ0) is 22.4. The van der Waals surface area contributed by atoms with E-state index < -0.39 is 5.82 Å². The Balaban J connectivity index is 1.53. The average Bonchev–Trinajstić information content (AvgIpc) is 2.71. The van der Waals surface area contributed by atoms with Crippen molar-refractivity contribution in [1.82, 2.24) is 10.2 Å². The van der Waals surface area contributed by atoms with Gasteiger partial charge in [0.25, 0.3) is 0 Å². The van der Waals surface area contributed by atoms with Crippen molar-refractivity contribution in [2.24, 2.45) is 0 Å². The predicted molar refractivity (Wildman–Crippen MR) is 121 cm³/mol. The number of rotatable bonds is 8. The summed E-state index contributed by atoms with van der Waals surface area (Å²) in [6.07, 6.45) is 0.412. The van der Waals surface area contributed by atoms with Crippen LogP contribution in [-0.4, -0.2) is 47.6 Å². The highest BCUT2D eigenvalue weighted by molar-refractivity contribution is 8.00. The minimum atomic E-state index is -0.482. The van der Waals surface area contributed by atoms with Gasteiger partial charge >= 0.3 is 0 Å². The molecule has 3 rings (SSSR count). The van der Waals surface area contributed by atoms with Crippen LogP contribution in [0.3, 0.4) is 0 Å². The SMILES string of the molecule is CC(=O)c1ccc(SCC(=O)NCc2ccccc2CN2CC(C)OC(C)C2)c(F)c1. The summed E-state index contributed by atoms with van der Waals surface area (Å²) in [5, 5.41) is 2.93. The van der Waals surface area contributed by atoms with E-state index in [2.05, 4.69) is 30.1 Å². The van der Waals surface area contributed by atoms with E-state index in [1.54, 1.807) is 12.1 Å². The number of morpholine rings is 1. The van der Waals surface area contributed by atoms with E-state index in [-0.39, 0.29) is 29.7 Å². The first-order valence-corrected chi connectivity index (χ1v) is 11.4. The second-order valence-corrected chi connectivity index (χ2v) is 9.00. The van der Waals surface area contributed by atoms with Gasteiger partial charge in [-0.2, -0.15) is 0 Å². The molecule has 1 aliphatic heterocycles. The molecule has 0 saturated carbocycles. The van der Waals surface area contributed by atoms with Crippen molar-refractivity contribution < 1.29 is 18.7 Å². The number of carbonyl (C=O) groups is 2. The standard InChI is InChI=1S/C24H29FN2O3S/c1-16-12-27(13-17(2)30-16)14-21-7-5-4-6-20(21)11-26-24(29)15-31-23-9-8-19(18(3)28)10-22(23)25/h4-10,16-17H,11-15H2,1-3H3,(H,26,29). The maximum Gasteiger partial charge on any atom is 0.230 e. The number of Topliss-reactive ketones (excluding diaryl/α,β-unsaturated/α-hetero) is 1. The van der Waals surface area contributed by atoms with Crippen LogP contribution in [0.15, 0.2) is 47.4 Å². The molecule has 2 aromatic rings. The Morgan fingerprint density at radius 1 is 1.13 bits per heavy atom. The molecular weight excluding hydrogens is 415 g/mol. The third-order valence-electron chi connectivity index (χ3n) is 5.18. The van der Waals surface area contributed by atoms with Gasteiger partial charge in [0.2, 0.25) is 5.91 Å². The topological polar surface area (TPSA) is 58.6 Å². The van der Waals surface area contributed by atoms with Crippen LogP contribution < -0.4 is 5.32 Å². The second-order valence-electron chi connectivity index (χ2n) is 7.99.